The van der Waals surface area contributed by atoms with Crippen LogP contribution in [-0.2, 0) is 9.53 Å². The minimum atomic E-state index is -5.08. The summed E-state index contributed by atoms with van der Waals surface area (Å²) in [6.07, 6.45) is -5.08. The molecule has 2 amide bonds. The summed E-state index contributed by atoms with van der Waals surface area (Å²) < 4.78 is 37.4. The molecule has 2 saturated heterocycles. The van der Waals surface area contributed by atoms with Crippen molar-refractivity contribution in [3.63, 3.8) is 0 Å². The fourth-order valence-corrected chi connectivity index (χ4v) is 3.11. The molecular formula is C14H24F3N3O4. The highest BCUT2D eigenvalue weighted by Gasteiger charge is 2.52. The van der Waals surface area contributed by atoms with Crippen LogP contribution in [0.25, 0.3) is 0 Å². The number of halogens is 3. The molecule has 0 spiro atoms. The number of amides is 2. The minimum Gasteiger partial charge on any atom is -0.475 e. The molecule has 0 saturated carbocycles. The molecule has 140 valence electrons. The van der Waals surface area contributed by atoms with Crippen molar-refractivity contribution >= 4 is 12.0 Å². The maximum Gasteiger partial charge on any atom is 0.490 e. The number of ether oxygens (including phenoxy) is 1. The van der Waals surface area contributed by atoms with E-state index >= 15 is 0 Å². The second kappa shape index (κ2) is 7.56. The molecule has 1 N–H and O–H groups in total. The lowest BCUT2D eigenvalue weighted by atomic mass is 9.81. The first-order chi connectivity index (χ1) is 10.9. The number of hydrogen-bond acceptors (Lipinski definition) is 4. The number of urea groups is 1. The number of nitrogens with zero attached hydrogens (tertiary/aromatic N) is 3. The zero-order valence-corrected chi connectivity index (χ0v) is 14.3. The van der Waals surface area contributed by atoms with Gasteiger partial charge in [-0.05, 0) is 14.1 Å². The minimum absolute atomic E-state index is 0.123. The van der Waals surface area contributed by atoms with Crippen LogP contribution in [0.2, 0.25) is 0 Å². The molecule has 24 heavy (non-hydrogen) atoms. The monoisotopic (exact) mass is 355 g/mol. The smallest absolute Gasteiger partial charge is 0.475 e. The number of carboxylic acid groups (broad SMARTS) is 1. The third kappa shape index (κ3) is 4.97. The number of alkyl halides is 3. The van der Waals surface area contributed by atoms with Gasteiger partial charge in [0.05, 0.1) is 13.2 Å². The Balaban J connectivity index is 0.000000351. The number of aliphatic carboxylic acids is 1. The summed E-state index contributed by atoms with van der Waals surface area (Å²) >= 11 is 0. The van der Waals surface area contributed by atoms with Gasteiger partial charge in [-0.1, -0.05) is 0 Å². The Labute approximate surface area is 138 Å². The van der Waals surface area contributed by atoms with Gasteiger partial charge in [-0.2, -0.15) is 13.2 Å². The molecule has 2 fully saturated rings. The van der Waals surface area contributed by atoms with Gasteiger partial charge in [0.2, 0.25) is 0 Å². The normalized spacial score (nSPS) is 26.0. The van der Waals surface area contributed by atoms with E-state index < -0.39 is 12.1 Å². The molecule has 2 aliphatic rings. The van der Waals surface area contributed by atoms with E-state index in [4.69, 9.17) is 14.6 Å². The van der Waals surface area contributed by atoms with Crippen LogP contribution in [0.15, 0.2) is 0 Å². The summed E-state index contributed by atoms with van der Waals surface area (Å²) in [5.74, 6) is -2.26. The standard InChI is InChI=1S/C12H23N3O2.C2HF3O2/c1-13(2)7-12-8-15(11(16)14(3)4)5-10(12)6-17-9-12;3-2(4,5)1(6)7/h10H,5-9H2,1-4H3;(H,6,7)/t10-,12+;/m1./s1. The van der Waals surface area contributed by atoms with E-state index in [9.17, 15) is 18.0 Å². The van der Waals surface area contributed by atoms with Gasteiger partial charge in [0.1, 0.15) is 0 Å². The second-order valence-corrected chi connectivity index (χ2v) is 6.67. The van der Waals surface area contributed by atoms with Gasteiger partial charge in [-0.15, -0.1) is 0 Å². The first-order valence-electron chi connectivity index (χ1n) is 7.38. The molecule has 7 nitrogen and oxygen atoms in total. The third-order valence-corrected chi connectivity index (χ3v) is 4.05. The van der Waals surface area contributed by atoms with Crippen LogP contribution in [0.5, 0.6) is 0 Å². The predicted molar refractivity (Wildman–Crippen MR) is 79.6 cm³/mol. The lowest BCUT2D eigenvalue weighted by Gasteiger charge is -2.30. The lowest BCUT2D eigenvalue weighted by Crippen LogP contribution is -2.43. The quantitative estimate of drug-likeness (QED) is 0.794. The molecule has 10 heteroatoms. The summed E-state index contributed by atoms with van der Waals surface area (Å²) in [6, 6.07) is 0.123. The van der Waals surface area contributed by atoms with E-state index in [2.05, 4.69) is 19.0 Å². The highest BCUT2D eigenvalue weighted by Crippen LogP contribution is 2.41. The molecule has 0 radical (unpaired) electrons. The molecule has 0 aliphatic carbocycles. The first-order valence-corrected chi connectivity index (χ1v) is 7.38. The van der Waals surface area contributed by atoms with Crippen LogP contribution >= 0.6 is 0 Å². The fraction of sp³-hybridized carbons (Fsp3) is 0.857. The summed E-state index contributed by atoms with van der Waals surface area (Å²) in [7, 11) is 7.79. The summed E-state index contributed by atoms with van der Waals surface area (Å²) in [5, 5.41) is 7.12. The topological polar surface area (TPSA) is 73.3 Å². The van der Waals surface area contributed by atoms with Crippen LogP contribution in [0.1, 0.15) is 0 Å². The van der Waals surface area contributed by atoms with E-state index in [-0.39, 0.29) is 11.4 Å². The Morgan fingerprint density at radius 3 is 2.25 bits per heavy atom. The van der Waals surface area contributed by atoms with E-state index in [1.807, 2.05) is 19.0 Å². The second-order valence-electron chi connectivity index (χ2n) is 6.67. The van der Waals surface area contributed by atoms with Crippen LogP contribution in [0, 0.1) is 11.3 Å². The van der Waals surface area contributed by atoms with Crippen molar-refractivity contribution in [3.05, 3.63) is 0 Å². The van der Waals surface area contributed by atoms with Gasteiger partial charge in [-0.3, -0.25) is 0 Å². The Hall–Kier alpha value is -1.55. The molecule has 2 atom stereocenters. The van der Waals surface area contributed by atoms with Crippen molar-refractivity contribution in [1.29, 1.82) is 0 Å². The zero-order valence-electron chi connectivity index (χ0n) is 14.3. The van der Waals surface area contributed by atoms with Crippen LogP contribution in [-0.4, -0.2) is 99.0 Å². The SMILES string of the molecule is CN(C)C[C@]12COC[C@H]1CN(C(=O)N(C)C)C2.O=C(O)C(F)(F)F. The average Bonchev–Trinajstić information content (AvgIpc) is 2.92. The maximum absolute atomic E-state index is 12.0. The van der Waals surface area contributed by atoms with Gasteiger partial charge in [-0.25, -0.2) is 9.59 Å². The summed E-state index contributed by atoms with van der Waals surface area (Å²) in [5.41, 5.74) is 0.148. The van der Waals surface area contributed by atoms with Crippen molar-refractivity contribution in [3.8, 4) is 0 Å². The van der Waals surface area contributed by atoms with E-state index in [0.717, 1.165) is 32.8 Å². The molecule has 2 aliphatic heterocycles. The molecule has 2 heterocycles. The number of hydrogen-bond donors (Lipinski definition) is 1. The van der Waals surface area contributed by atoms with Gasteiger partial charge in [0, 0.05) is 45.1 Å². The number of likely N-dealkylation sites (tertiary alicyclic amines) is 1. The highest BCUT2D eigenvalue weighted by atomic mass is 19.4. The predicted octanol–water partition coefficient (Wildman–Crippen LogP) is 0.811. The number of carboxylic acids is 1. The van der Waals surface area contributed by atoms with Gasteiger partial charge >= 0.3 is 18.2 Å². The highest BCUT2D eigenvalue weighted by molar-refractivity contribution is 5.74. The largest absolute Gasteiger partial charge is 0.490 e. The molecule has 0 aromatic carbocycles. The van der Waals surface area contributed by atoms with Crippen molar-refractivity contribution in [2.45, 2.75) is 6.18 Å². The summed E-state index contributed by atoms with van der Waals surface area (Å²) in [6.45, 7) is 4.24. The molecule has 0 aromatic rings. The lowest BCUT2D eigenvalue weighted by molar-refractivity contribution is -0.192. The molecule has 0 unspecified atom stereocenters. The number of fused-ring (bicyclic) bond motifs is 1. The van der Waals surface area contributed by atoms with E-state index in [1.54, 1.807) is 4.90 Å². The Bertz CT molecular complexity index is 471. The average molecular weight is 355 g/mol. The van der Waals surface area contributed by atoms with E-state index in [0.29, 0.717) is 5.92 Å². The Morgan fingerprint density at radius 2 is 1.83 bits per heavy atom. The van der Waals surface area contributed by atoms with Gasteiger partial charge in [0.15, 0.2) is 0 Å². The fourth-order valence-electron chi connectivity index (χ4n) is 3.11. The Kier molecular flexibility index (Phi) is 6.45. The zero-order chi connectivity index (χ0) is 18.7. The number of carbonyl (C=O) groups is 2. The van der Waals surface area contributed by atoms with Gasteiger partial charge < -0.3 is 24.5 Å². The number of rotatable bonds is 2. The third-order valence-electron chi connectivity index (χ3n) is 4.05. The Morgan fingerprint density at radius 1 is 1.29 bits per heavy atom. The van der Waals surface area contributed by atoms with E-state index in [1.165, 1.54) is 0 Å². The first kappa shape index (κ1) is 20.5. The number of carbonyl (C=O) groups excluding carboxylic acids is 1. The van der Waals surface area contributed by atoms with Crippen LogP contribution in [0.3, 0.4) is 0 Å². The molecule has 0 aromatic heterocycles. The van der Waals surface area contributed by atoms with Crippen LogP contribution < -0.4 is 0 Å². The van der Waals surface area contributed by atoms with Crippen molar-refractivity contribution in [2.24, 2.45) is 11.3 Å². The van der Waals surface area contributed by atoms with Gasteiger partial charge in [0.25, 0.3) is 0 Å². The van der Waals surface area contributed by atoms with Crippen molar-refractivity contribution in [2.75, 3.05) is 61.0 Å². The maximum atomic E-state index is 12.0. The van der Waals surface area contributed by atoms with Crippen LogP contribution in [0.4, 0.5) is 18.0 Å². The molecular weight excluding hydrogens is 331 g/mol. The molecule has 0 bridgehead atoms. The van der Waals surface area contributed by atoms with Crippen molar-refractivity contribution in [1.82, 2.24) is 14.7 Å². The summed E-state index contributed by atoms with van der Waals surface area (Å²) in [4.78, 5) is 26.7. The molecule has 2 rings (SSSR count). The van der Waals surface area contributed by atoms with Crippen molar-refractivity contribution < 1.29 is 32.6 Å².